The molecule has 2 fully saturated rings. The van der Waals surface area contributed by atoms with Crippen molar-refractivity contribution in [2.24, 2.45) is 5.92 Å². The Kier molecular flexibility index (Phi) is 7.38. The summed E-state index contributed by atoms with van der Waals surface area (Å²) in [5.41, 5.74) is 1.11. The number of hydrogen-bond acceptors (Lipinski definition) is 3. The molecule has 1 saturated carbocycles. The Labute approximate surface area is 151 Å². The number of carbonyl (C=O) groups excluding carboxylic acids is 1. The van der Waals surface area contributed by atoms with Crippen molar-refractivity contribution in [2.45, 2.75) is 51.1 Å². The molecule has 0 aromatic heterocycles. The Balaban J connectivity index is 0.00000208. The monoisotopic (exact) mass is 352 g/mol. The fourth-order valence-corrected chi connectivity index (χ4v) is 3.47. The lowest BCUT2D eigenvalue weighted by Gasteiger charge is -2.26. The fourth-order valence-electron chi connectivity index (χ4n) is 3.47. The predicted octanol–water partition coefficient (Wildman–Crippen LogP) is 3.39. The van der Waals surface area contributed by atoms with Crippen LogP contribution in [0.2, 0.25) is 0 Å². The molecule has 1 aromatic rings. The van der Waals surface area contributed by atoms with Crippen LogP contribution in [-0.2, 0) is 11.3 Å². The van der Waals surface area contributed by atoms with Gasteiger partial charge in [-0.05, 0) is 57.2 Å². The SMILES string of the molecule is COc1ccccc1CN(C(=O)CCC1CCNCC1)C1CC1.Cl. The molecule has 4 nitrogen and oxygen atoms in total. The normalized spacial score (nSPS) is 17.9. The maximum Gasteiger partial charge on any atom is 0.223 e. The first-order valence-electron chi connectivity index (χ1n) is 8.90. The molecule has 1 aromatic carbocycles. The van der Waals surface area contributed by atoms with Crippen LogP contribution >= 0.6 is 12.4 Å². The van der Waals surface area contributed by atoms with Crippen molar-refractivity contribution >= 4 is 18.3 Å². The standard InChI is InChI=1S/C19H28N2O2.ClH/c1-23-18-5-3-2-4-16(18)14-21(17-7-8-17)19(22)9-6-15-10-12-20-13-11-15;/h2-5,15,17,20H,6-14H2,1H3;1H. The Morgan fingerprint density at radius 3 is 2.58 bits per heavy atom. The summed E-state index contributed by atoms with van der Waals surface area (Å²) in [4.78, 5) is 14.8. The Morgan fingerprint density at radius 1 is 1.21 bits per heavy atom. The van der Waals surface area contributed by atoms with Crippen LogP contribution in [0.5, 0.6) is 5.75 Å². The molecule has 134 valence electrons. The number of nitrogens with zero attached hydrogens (tertiary/aromatic N) is 1. The van der Waals surface area contributed by atoms with Crippen molar-refractivity contribution in [3.63, 3.8) is 0 Å². The molecule has 1 saturated heterocycles. The smallest absolute Gasteiger partial charge is 0.223 e. The Bertz CT molecular complexity index is 528. The van der Waals surface area contributed by atoms with Gasteiger partial charge >= 0.3 is 0 Å². The van der Waals surface area contributed by atoms with E-state index in [0.717, 1.165) is 43.7 Å². The van der Waals surface area contributed by atoms with E-state index in [0.29, 0.717) is 30.8 Å². The van der Waals surface area contributed by atoms with Crippen molar-refractivity contribution in [3.8, 4) is 5.75 Å². The van der Waals surface area contributed by atoms with Gasteiger partial charge in [-0.1, -0.05) is 18.2 Å². The van der Waals surface area contributed by atoms with E-state index in [1.165, 1.54) is 12.8 Å². The second kappa shape index (κ2) is 9.28. The van der Waals surface area contributed by atoms with Crippen LogP contribution in [0.1, 0.15) is 44.1 Å². The van der Waals surface area contributed by atoms with Gasteiger partial charge in [0.1, 0.15) is 5.75 Å². The number of halogens is 1. The number of para-hydroxylation sites is 1. The lowest BCUT2D eigenvalue weighted by atomic mass is 9.93. The number of piperidine rings is 1. The molecule has 0 atom stereocenters. The van der Waals surface area contributed by atoms with Crippen LogP contribution in [-0.4, -0.2) is 37.0 Å². The number of rotatable bonds is 7. The van der Waals surface area contributed by atoms with E-state index in [1.54, 1.807) is 7.11 Å². The van der Waals surface area contributed by atoms with Crippen molar-refractivity contribution in [3.05, 3.63) is 29.8 Å². The maximum atomic E-state index is 12.7. The van der Waals surface area contributed by atoms with Gasteiger partial charge in [0.15, 0.2) is 0 Å². The Hall–Kier alpha value is -1.26. The quantitative estimate of drug-likeness (QED) is 0.817. The van der Waals surface area contributed by atoms with Crippen molar-refractivity contribution in [1.29, 1.82) is 0 Å². The molecule has 0 bridgehead atoms. The first-order valence-corrected chi connectivity index (χ1v) is 8.90. The number of ether oxygens (including phenoxy) is 1. The topological polar surface area (TPSA) is 41.6 Å². The molecule has 1 heterocycles. The summed E-state index contributed by atoms with van der Waals surface area (Å²) in [6.45, 7) is 2.89. The van der Waals surface area contributed by atoms with Gasteiger partial charge < -0.3 is 15.0 Å². The van der Waals surface area contributed by atoms with Crippen LogP contribution in [0.25, 0.3) is 0 Å². The molecule has 1 aliphatic carbocycles. The Morgan fingerprint density at radius 2 is 1.92 bits per heavy atom. The van der Waals surface area contributed by atoms with Crippen LogP contribution in [0, 0.1) is 5.92 Å². The molecular formula is C19H29ClN2O2. The van der Waals surface area contributed by atoms with Crippen LogP contribution in [0.3, 0.4) is 0 Å². The fraction of sp³-hybridized carbons (Fsp3) is 0.632. The summed E-state index contributed by atoms with van der Waals surface area (Å²) >= 11 is 0. The number of carbonyl (C=O) groups is 1. The van der Waals surface area contributed by atoms with Crippen molar-refractivity contribution < 1.29 is 9.53 Å². The highest BCUT2D eigenvalue weighted by Gasteiger charge is 2.33. The summed E-state index contributed by atoms with van der Waals surface area (Å²) in [6, 6.07) is 8.47. The summed E-state index contributed by atoms with van der Waals surface area (Å²) in [7, 11) is 1.69. The summed E-state index contributed by atoms with van der Waals surface area (Å²) < 4.78 is 5.44. The number of amides is 1. The number of benzene rings is 1. The summed E-state index contributed by atoms with van der Waals surface area (Å²) in [5, 5.41) is 3.39. The number of methoxy groups -OCH3 is 1. The first kappa shape index (κ1) is 19.1. The van der Waals surface area contributed by atoms with Gasteiger partial charge in [-0.2, -0.15) is 0 Å². The van der Waals surface area contributed by atoms with Crippen LogP contribution < -0.4 is 10.1 Å². The molecule has 24 heavy (non-hydrogen) atoms. The van der Waals surface area contributed by atoms with E-state index >= 15 is 0 Å². The average Bonchev–Trinajstić information content (AvgIpc) is 3.43. The third kappa shape index (κ3) is 5.12. The minimum atomic E-state index is 0. The number of hydrogen-bond donors (Lipinski definition) is 1. The molecule has 0 spiro atoms. The lowest BCUT2D eigenvalue weighted by molar-refractivity contribution is -0.132. The zero-order chi connectivity index (χ0) is 16.1. The first-order chi connectivity index (χ1) is 11.3. The van der Waals surface area contributed by atoms with E-state index in [2.05, 4.69) is 16.3 Å². The molecule has 5 heteroatoms. The van der Waals surface area contributed by atoms with Gasteiger partial charge in [-0.3, -0.25) is 4.79 Å². The minimum absolute atomic E-state index is 0. The zero-order valence-electron chi connectivity index (χ0n) is 14.5. The highest BCUT2D eigenvalue weighted by atomic mass is 35.5. The van der Waals surface area contributed by atoms with E-state index < -0.39 is 0 Å². The summed E-state index contributed by atoms with van der Waals surface area (Å²) in [5.74, 6) is 1.91. The van der Waals surface area contributed by atoms with Gasteiger partial charge in [0.05, 0.1) is 7.11 Å². The molecule has 3 rings (SSSR count). The second-order valence-electron chi connectivity index (χ2n) is 6.80. The third-order valence-corrected chi connectivity index (χ3v) is 5.07. The van der Waals surface area contributed by atoms with Crippen molar-refractivity contribution in [2.75, 3.05) is 20.2 Å². The average molecular weight is 353 g/mol. The lowest BCUT2D eigenvalue weighted by Crippen LogP contribution is -2.34. The van der Waals surface area contributed by atoms with Gasteiger partial charge in [0.2, 0.25) is 5.91 Å². The highest BCUT2D eigenvalue weighted by Crippen LogP contribution is 2.31. The molecule has 1 amide bonds. The second-order valence-corrected chi connectivity index (χ2v) is 6.80. The van der Waals surface area contributed by atoms with E-state index in [-0.39, 0.29) is 12.4 Å². The molecule has 1 N–H and O–H groups in total. The third-order valence-electron chi connectivity index (χ3n) is 5.07. The van der Waals surface area contributed by atoms with Gasteiger partial charge in [0, 0.05) is 24.6 Å². The highest BCUT2D eigenvalue weighted by molar-refractivity contribution is 5.85. The van der Waals surface area contributed by atoms with E-state index in [9.17, 15) is 4.79 Å². The molecule has 1 aliphatic heterocycles. The van der Waals surface area contributed by atoms with Gasteiger partial charge in [-0.25, -0.2) is 0 Å². The van der Waals surface area contributed by atoms with Gasteiger partial charge in [-0.15, -0.1) is 12.4 Å². The van der Waals surface area contributed by atoms with Crippen LogP contribution in [0.4, 0.5) is 0 Å². The van der Waals surface area contributed by atoms with Gasteiger partial charge in [0.25, 0.3) is 0 Å². The molecule has 2 aliphatic rings. The molecular weight excluding hydrogens is 324 g/mol. The van der Waals surface area contributed by atoms with E-state index in [1.807, 2.05) is 18.2 Å². The zero-order valence-corrected chi connectivity index (χ0v) is 15.3. The maximum absolute atomic E-state index is 12.7. The van der Waals surface area contributed by atoms with Crippen molar-refractivity contribution in [1.82, 2.24) is 10.2 Å². The minimum Gasteiger partial charge on any atom is -0.496 e. The summed E-state index contributed by atoms with van der Waals surface area (Å²) in [6.07, 6.45) is 6.45. The van der Waals surface area contributed by atoms with E-state index in [4.69, 9.17) is 4.74 Å². The molecule has 0 radical (unpaired) electrons. The largest absolute Gasteiger partial charge is 0.496 e. The molecule has 0 unspecified atom stereocenters. The number of nitrogens with one attached hydrogen (secondary N) is 1. The van der Waals surface area contributed by atoms with Crippen LogP contribution in [0.15, 0.2) is 24.3 Å². The predicted molar refractivity (Wildman–Crippen MR) is 98.6 cm³/mol.